The molecule has 0 saturated heterocycles. The quantitative estimate of drug-likeness (QED) is 0.163. The molecule has 4 heterocycles. The number of ether oxygens (including phenoxy) is 2. The van der Waals surface area contributed by atoms with E-state index >= 15 is 0 Å². The van der Waals surface area contributed by atoms with E-state index in [0.717, 1.165) is 9.69 Å². The largest absolute Gasteiger partial charge is 0.497 e. The lowest BCUT2D eigenvalue weighted by molar-refractivity contribution is -0.115. The normalized spacial score (nSPS) is 12.7. The molecule has 5 N–H and O–H groups in total. The molecule has 3 amide bonds. The molecule has 3 aliphatic heterocycles. The van der Waals surface area contributed by atoms with Gasteiger partial charge in [-0.25, -0.2) is 0 Å². The number of aromatic amines is 2. The molecule has 0 saturated carbocycles. The maximum Gasteiger partial charge on any atom is 0.284 e. The maximum atomic E-state index is 13.6. The van der Waals surface area contributed by atoms with E-state index in [9.17, 15) is 29.1 Å². The van der Waals surface area contributed by atoms with Gasteiger partial charge in [0, 0.05) is 13.8 Å². The molecule has 0 radical (unpaired) electrons. The number of aromatic nitrogens is 4. The highest BCUT2D eigenvalue weighted by atomic mass is 16.5. The Bertz CT molecular complexity index is 2390. The lowest BCUT2D eigenvalue weighted by Gasteiger charge is -2.13. The number of pyridine rings is 2. The van der Waals surface area contributed by atoms with Crippen LogP contribution in [0.4, 0.5) is 17.1 Å². The van der Waals surface area contributed by atoms with Gasteiger partial charge in [-0.15, -0.1) is 10.2 Å². The van der Waals surface area contributed by atoms with Gasteiger partial charge in [0.2, 0.25) is 11.8 Å². The zero-order chi connectivity index (χ0) is 35.0. The number of anilines is 3. The third kappa shape index (κ3) is 5.89. The zero-order valence-corrected chi connectivity index (χ0v) is 26.4. The summed E-state index contributed by atoms with van der Waals surface area (Å²) in [6, 6.07) is 13.0. The Morgan fingerprint density at radius 3 is 2.02 bits per heavy atom. The monoisotopic (exact) mass is 664 g/mol. The second-order valence-electron chi connectivity index (χ2n) is 10.7. The minimum atomic E-state index is -0.684. The number of benzene rings is 2. The van der Waals surface area contributed by atoms with Gasteiger partial charge >= 0.3 is 0 Å². The van der Waals surface area contributed by atoms with Gasteiger partial charge in [0.15, 0.2) is 17.2 Å². The summed E-state index contributed by atoms with van der Waals surface area (Å²) in [4.78, 5) is 70.2. The Balaban J connectivity index is 1.46. The predicted octanol–water partition coefficient (Wildman–Crippen LogP) is 1.68. The molecule has 2 aromatic carbocycles. The topological polar surface area (TPSA) is 213 Å². The predicted molar refractivity (Wildman–Crippen MR) is 179 cm³/mol. The van der Waals surface area contributed by atoms with E-state index in [1.165, 1.54) is 46.3 Å². The highest BCUT2D eigenvalue weighted by Crippen LogP contribution is 2.35. The van der Waals surface area contributed by atoms with Crippen LogP contribution < -0.4 is 46.9 Å². The van der Waals surface area contributed by atoms with Crippen LogP contribution in [-0.4, -0.2) is 56.8 Å². The molecule has 1 aromatic heterocycles. The van der Waals surface area contributed by atoms with Crippen LogP contribution in [0.2, 0.25) is 0 Å². The number of hydrogen-bond acceptors (Lipinski definition) is 10. The van der Waals surface area contributed by atoms with Gasteiger partial charge in [0.1, 0.15) is 22.6 Å². The van der Waals surface area contributed by atoms with E-state index in [4.69, 9.17) is 9.47 Å². The molecule has 0 spiro atoms. The Morgan fingerprint density at radius 1 is 0.837 bits per heavy atom. The van der Waals surface area contributed by atoms with Crippen molar-refractivity contribution in [3.63, 3.8) is 0 Å². The highest BCUT2D eigenvalue weighted by Gasteiger charge is 2.31. The first-order valence-electron chi connectivity index (χ1n) is 14.6. The zero-order valence-electron chi connectivity index (χ0n) is 26.4. The first kappa shape index (κ1) is 32.0. The fourth-order valence-electron chi connectivity index (χ4n) is 5.26. The van der Waals surface area contributed by atoms with Crippen LogP contribution in [-0.2, 0) is 9.59 Å². The number of allylic oxidation sites excluding steroid dienone is 1. The summed E-state index contributed by atoms with van der Waals surface area (Å²) in [5.41, 5.74) is -0.753. The van der Waals surface area contributed by atoms with Crippen molar-refractivity contribution in [1.82, 2.24) is 19.7 Å². The van der Waals surface area contributed by atoms with E-state index in [0.29, 0.717) is 22.9 Å². The third-order valence-corrected chi connectivity index (χ3v) is 7.46. The van der Waals surface area contributed by atoms with Gasteiger partial charge in [0.25, 0.3) is 17.0 Å². The standard InChI is InChI=1S/C33H28N8O8/c1-16(42)34-26-22(30(44)36-28-24(26)32(46)40(38-28)18-8-12-20(48-3)13-9-18)6-5-7-23-27(35-17(2)43)25-29(37-31(23)45)39-41(33(25)47)19-10-14-21(49-4)15-11-19/h5-15H,1-4H3,(H,34,42)(H,36,38,44)(H3,35,37,39,43,45). The van der Waals surface area contributed by atoms with Crippen molar-refractivity contribution in [3.8, 4) is 34.5 Å². The SMILES string of the molecule is COc1ccc(N2N=c3[nH]c(=O)c(=CC=Cc4c(O)[nH]c5nn(-c6ccc(OC)cc6)c(=O)c-5c4NC(C)=O)c(NC(C)=O)c3C2=O)cc1. The molecule has 3 aromatic rings. The van der Waals surface area contributed by atoms with Crippen molar-refractivity contribution >= 4 is 46.9 Å². The number of carbonyl (C=O) groups excluding carboxylic acids is 3. The number of carbonyl (C=O) groups is 3. The average molecular weight is 665 g/mol. The number of methoxy groups -OCH3 is 2. The molecule has 3 aliphatic rings. The number of H-pyrrole nitrogens is 2. The van der Waals surface area contributed by atoms with Crippen molar-refractivity contribution < 1.29 is 29.0 Å². The van der Waals surface area contributed by atoms with E-state index in [1.807, 2.05) is 0 Å². The van der Waals surface area contributed by atoms with Crippen molar-refractivity contribution in [2.24, 2.45) is 5.10 Å². The van der Waals surface area contributed by atoms with Crippen molar-refractivity contribution in [2.45, 2.75) is 13.8 Å². The van der Waals surface area contributed by atoms with Crippen LogP contribution in [0, 0.1) is 0 Å². The minimum absolute atomic E-state index is 0.00474. The van der Waals surface area contributed by atoms with Gasteiger partial charge in [-0.3, -0.25) is 24.0 Å². The van der Waals surface area contributed by atoms with Gasteiger partial charge in [0.05, 0.1) is 47.8 Å². The molecular formula is C33H28N8O8. The van der Waals surface area contributed by atoms with Crippen LogP contribution in [0.25, 0.3) is 29.2 Å². The van der Waals surface area contributed by atoms with Crippen molar-refractivity contribution in [1.29, 1.82) is 0 Å². The van der Waals surface area contributed by atoms with Gasteiger partial charge in [-0.1, -0.05) is 6.08 Å². The smallest absolute Gasteiger partial charge is 0.284 e. The summed E-state index contributed by atoms with van der Waals surface area (Å²) in [6.07, 6.45) is 3.98. The average Bonchev–Trinajstić information content (AvgIpc) is 3.58. The van der Waals surface area contributed by atoms with Crippen LogP contribution in [0.15, 0.2) is 69.3 Å². The molecule has 0 fully saturated rings. The fourth-order valence-corrected chi connectivity index (χ4v) is 5.26. The summed E-state index contributed by atoms with van der Waals surface area (Å²) < 4.78 is 11.4. The molecule has 16 heteroatoms. The Morgan fingerprint density at radius 2 is 1.43 bits per heavy atom. The number of rotatable bonds is 8. The lowest BCUT2D eigenvalue weighted by atomic mass is 10.1. The van der Waals surface area contributed by atoms with E-state index in [-0.39, 0.29) is 44.6 Å². The molecule has 0 unspecified atom stereocenters. The van der Waals surface area contributed by atoms with E-state index in [2.05, 4.69) is 30.8 Å². The fraction of sp³-hybridized carbons (Fsp3) is 0.121. The molecule has 0 aliphatic carbocycles. The van der Waals surface area contributed by atoms with Gasteiger partial charge in [-0.2, -0.15) is 9.69 Å². The Labute approximate surface area is 276 Å². The molecule has 16 nitrogen and oxygen atoms in total. The van der Waals surface area contributed by atoms with Gasteiger partial charge < -0.3 is 35.2 Å². The molecule has 0 bridgehead atoms. The third-order valence-electron chi connectivity index (χ3n) is 7.46. The maximum absolute atomic E-state index is 13.6. The second kappa shape index (κ2) is 12.7. The Hall–Kier alpha value is -6.97. The molecule has 6 rings (SSSR count). The second-order valence-corrected chi connectivity index (χ2v) is 10.7. The number of nitrogens with zero attached hydrogens (tertiary/aromatic N) is 4. The summed E-state index contributed by atoms with van der Waals surface area (Å²) in [6.45, 7) is 2.46. The Kier molecular flexibility index (Phi) is 8.27. The summed E-state index contributed by atoms with van der Waals surface area (Å²) in [5, 5.41) is 25.7. The van der Waals surface area contributed by atoms with Crippen LogP contribution in [0.1, 0.15) is 29.8 Å². The van der Waals surface area contributed by atoms with Crippen LogP contribution in [0.5, 0.6) is 17.4 Å². The summed E-state index contributed by atoms with van der Waals surface area (Å²) in [5.74, 6) is -1.02. The van der Waals surface area contributed by atoms with Crippen LogP contribution in [0.3, 0.4) is 0 Å². The molecule has 0 atom stereocenters. The van der Waals surface area contributed by atoms with Gasteiger partial charge in [-0.05, 0) is 60.7 Å². The van der Waals surface area contributed by atoms with Crippen molar-refractivity contribution in [2.75, 3.05) is 29.9 Å². The first-order chi connectivity index (χ1) is 23.5. The number of hydrogen-bond donors (Lipinski definition) is 5. The highest BCUT2D eigenvalue weighted by molar-refractivity contribution is 6.12. The molecular weight excluding hydrogens is 636 g/mol. The van der Waals surface area contributed by atoms with E-state index in [1.54, 1.807) is 48.5 Å². The minimum Gasteiger partial charge on any atom is -0.497 e. The van der Waals surface area contributed by atoms with Crippen LogP contribution >= 0.6 is 0 Å². The summed E-state index contributed by atoms with van der Waals surface area (Å²) in [7, 11) is 3.01. The molecule has 248 valence electrons. The van der Waals surface area contributed by atoms with E-state index < -0.39 is 34.7 Å². The number of nitrogens with one attached hydrogen (secondary N) is 4. The van der Waals surface area contributed by atoms with Crippen molar-refractivity contribution in [3.05, 3.63) is 97.1 Å². The number of amides is 3. The molecule has 49 heavy (non-hydrogen) atoms. The number of aromatic hydroxyl groups is 1. The number of fused-ring (bicyclic) bond motifs is 2. The summed E-state index contributed by atoms with van der Waals surface area (Å²) >= 11 is 0. The first-order valence-corrected chi connectivity index (χ1v) is 14.6. The lowest BCUT2D eigenvalue weighted by Crippen LogP contribution is -2.39.